The Balaban J connectivity index is 1.51. The zero-order valence-corrected chi connectivity index (χ0v) is 13.8. The molecule has 0 spiro atoms. The molecule has 1 atom stereocenters. The third kappa shape index (κ3) is 4.18. The molecule has 2 heterocycles. The molecule has 2 aliphatic rings. The lowest BCUT2D eigenvalue weighted by atomic mass is 10.0. The van der Waals surface area contributed by atoms with Gasteiger partial charge in [0.25, 0.3) is 0 Å². The Bertz CT molecular complexity index is 489. The molecular formula is C16H22N2OS2. The van der Waals surface area contributed by atoms with Gasteiger partial charge < -0.3 is 10.6 Å². The van der Waals surface area contributed by atoms with Crippen molar-refractivity contribution in [2.24, 2.45) is 0 Å². The van der Waals surface area contributed by atoms with Gasteiger partial charge in [-0.1, -0.05) is 18.2 Å². The summed E-state index contributed by atoms with van der Waals surface area (Å²) in [6, 6.07) is 8.63. The highest BCUT2D eigenvalue weighted by Gasteiger charge is 2.22. The molecule has 0 saturated carbocycles. The summed E-state index contributed by atoms with van der Waals surface area (Å²) in [7, 11) is 0. The van der Waals surface area contributed by atoms with Gasteiger partial charge in [0.2, 0.25) is 5.91 Å². The maximum atomic E-state index is 12.2. The first-order valence-corrected chi connectivity index (χ1v) is 9.70. The predicted octanol–water partition coefficient (Wildman–Crippen LogP) is 2.82. The number of hydrogen-bond donors (Lipinski definition) is 2. The molecule has 0 aromatic heterocycles. The molecular weight excluding hydrogens is 300 g/mol. The number of nitrogens with one attached hydrogen (secondary N) is 2. The minimum absolute atomic E-state index is 0.185. The number of piperidine rings is 1. The Morgan fingerprint density at radius 1 is 1.29 bits per heavy atom. The summed E-state index contributed by atoms with van der Waals surface area (Å²) in [5.41, 5.74) is 1.29. The summed E-state index contributed by atoms with van der Waals surface area (Å²) in [5, 5.41) is 7.23. The number of benzene rings is 1. The molecule has 5 heteroatoms. The SMILES string of the molecule is O=C(CSC1CCNCC1)NC1CCSc2ccccc21. The van der Waals surface area contributed by atoms with Gasteiger partial charge in [-0.15, -0.1) is 23.5 Å². The fourth-order valence-corrected chi connectivity index (χ4v) is 5.05. The summed E-state index contributed by atoms with van der Waals surface area (Å²) < 4.78 is 0. The van der Waals surface area contributed by atoms with E-state index < -0.39 is 0 Å². The Morgan fingerprint density at radius 2 is 2.10 bits per heavy atom. The molecule has 0 aliphatic carbocycles. The second-order valence-electron chi connectivity index (χ2n) is 5.56. The average molecular weight is 322 g/mol. The molecule has 1 aromatic carbocycles. The highest BCUT2D eigenvalue weighted by Crippen LogP contribution is 2.35. The topological polar surface area (TPSA) is 41.1 Å². The van der Waals surface area contributed by atoms with Crippen LogP contribution in [0.2, 0.25) is 0 Å². The van der Waals surface area contributed by atoms with Crippen LogP contribution >= 0.6 is 23.5 Å². The van der Waals surface area contributed by atoms with Gasteiger partial charge in [-0.25, -0.2) is 0 Å². The Labute approximate surface area is 135 Å². The second-order valence-corrected chi connectivity index (χ2v) is 7.98. The van der Waals surface area contributed by atoms with Crippen LogP contribution in [0.3, 0.4) is 0 Å². The van der Waals surface area contributed by atoms with Crippen molar-refractivity contribution >= 4 is 29.4 Å². The van der Waals surface area contributed by atoms with Crippen LogP contribution in [0.25, 0.3) is 0 Å². The number of carbonyl (C=O) groups excluding carboxylic acids is 1. The lowest BCUT2D eigenvalue weighted by Gasteiger charge is -2.26. The minimum Gasteiger partial charge on any atom is -0.349 e. The van der Waals surface area contributed by atoms with Gasteiger partial charge in [0, 0.05) is 15.9 Å². The molecule has 3 rings (SSSR count). The maximum absolute atomic E-state index is 12.2. The molecule has 1 fully saturated rings. The normalized spacial score (nSPS) is 22.6. The average Bonchev–Trinajstić information content (AvgIpc) is 2.54. The zero-order chi connectivity index (χ0) is 14.5. The van der Waals surface area contributed by atoms with Crippen LogP contribution in [-0.2, 0) is 4.79 Å². The number of rotatable bonds is 4. The first kappa shape index (κ1) is 15.3. The molecule has 1 saturated heterocycles. The van der Waals surface area contributed by atoms with Crippen molar-refractivity contribution in [2.75, 3.05) is 24.6 Å². The van der Waals surface area contributed by atoms with Crippen molar-refractivity contribution in [3.8, 4) is 0 Å². The smallest absolute Gasteiger partial charge is 0.230 e. The third-order valence-electron chi connectivity index (χ3n) is 4.03. The van der Waals surface area contributed by atoms with Crippen molar-refractivity contribution in [3.05, 3.63) is 29.8 Å². The van der Waals surface area contributed by atoms with Gasteiger partial charge in [0.1, 0.15) is 0 Å². The van der Waals surface area contributed by atoms with E-state index in [1.807, 2.05) is 23.5 Å². The van der Waals surface area contributed by atoms with Crippen molar-refractivity contribution in [1.29, 1.82) is 0 Å². The van der Waals surface area contributed by atoms with Gasteiger partial charge in [0.15, 0.2) is 0 Å². The van der Waals surface area contributed by atoms with Crippen LogP contribution in [0.15, 0.2) is 29.2 Å². The molecule has 2 aliphatic heterocycles. The van der Waals surface area contributed by atoms with Crippen LogP contribution in [0.1, 0.15) is 30.9 Å². The van der Waals surface area contributed by atoms with E-state index in [1.54, 1.807) is 0 Å². The summed E-state index contributed by atoms with van der Waals surface area (Å²) >= 11 is 3.71. The maximum Gasteiger partial charge on any atom is 0.230 e. The van der Waals surface area contributed by atoms with Crippen LogP contribution in [0, 0.1) is 0 Å². The first-order chi connectivity index (χ1) is 10.3. The van der Waals surface area contributed by atoms with Gasteiger partial charge >= 0.3 is 0 Å². The van der Waals surface area contributed by atoms with Gasteiger partial charge in [-0.2, -0.15) is 0 Å². The molecule has 3 nitrogen and oxygen atoms in total. The molecule has 1 amide bonds. The van der Waals surface area contributed by atoms with Crippen LogP contribution < -0.4 is 10.6 Å². The number of fused-ring (bicyclic) bond motifs is 1. The van der Waals surface area contributed by atoms with Gasteiger partial charge in [-0.3, -0.25) is 4.79 Å². The van der Waals surface area contributed by atoms with Crippen molar-refractivity contribution < 1.29 is 4.79 Å². The van der Waals surface area contributed by atoms with Crippen LogP contribution in [-0.4, -0.2) is 35.8 Å². The molecule has 2 N–H and O–H groups in total. The Kier molecular flexibility index (Phi) is 5.49. The third-order valence-corrected chi connectivity index (χ3v) is 6.52. The highest BCUT2D eigenvalue weighted by molar-refractivity contribution is 8.00. The Morgan fingerprint density at radius 3 is 2.95 bits per heavy atom. The Hall–Kier alpha value is -0.650. The molecule has 114 valence electrons. The van der Waals surface area contributed by atoms with E-state index >= 15 is 0 Å². The number of amides is 1. The summed E-state index contributed by atoms with van der Waals surface area (Å²) in [6.45, 7) is 2.18. The van der Waals surface area contributed by atoms with E-state index in [4.69, 9.17) is 0 Å². The highest BCUT2D eigenvalue weighted by atomic mass is 32.2. The first-order valence-electron chi connectivity index (χ1n) is 7.66. The number of carbonyl (C=O) groups is 1. The minimum atomic E-state index is 0.185. The van der Waals surface area contributed by atoms with E-state index in [-0.39, 0.29) is 11.9 Å². The van der Waals surface area contributed by atoms with E-state index in [9.17, 15) is 4.79 Å². The molecule has 1 aromatic rings. The zero-order valence-electron chi connectivity index (χ0n) is 12.1. The van der Waals surface area contributed by atoms with E-state index in [1.165, 1.54) is 23.3 Å². The van der Waals surface area contributed by atoms with Crippen LogP contribution in [0.4, 0.5) is 0 Å². The lowest BCUT2D eigenvalue weighted by molar-refractivity contribution is -0.119. The van der Waals surface area contributed by atoms with Crippen molar-refractivity contribution in [3.63, 3.8) is 0 Å². The summed E-state index contributed by atoms with van der Waals surface area (Å²) in [5.74, 6) is 1.87. The molecule has 1 unspecified atom stereocenters. The van der Waals surface area contributed by atoms with Crippen molar-refractivity contribution in [1.82, 2.24) is 10.6 Å². The number of thioether (sulfide) groups is 2. The lowest BCUT2D eigenvalue weighted by Crippen LogP contribution is -2.34. The van der Waals surface area contributed by atoms with E-state index in [0.717, 1.165) is 25.3 Å². The summed E-state index contributed by atoms with van der Waals surface area (Å²) in [6.07, 6.45) is 3.40. The van der Waals surface area contributed by atoms with E-state index in [0.29, 0.717) is 11.0 Å². The number of hydrogen-bond acceptors (Lipinski definition) is 4. The second kappa shape index (κ2) is 7.56. The van der Waals surface area contributed by atoms with Crippen LogP contribution in [0.5, 0.6) is 0 Å². The van der Waals surface area contributed by atoms with Gasteiger partial charge in [0.05, 0.1) is 11.8 Å². The standard InChI is InChI=1S/C16H22N2OS2/c19-16(11-21-12-5-8-17-9-6-12)18-14-7-10-20-15-4-2-1-3-13(14)15/h1-4,12,14,17H,5-11H2,(H,18,19). The fourth-order valence-electron chi connectivity index (χ4n) is 2.88. The summed E-state index contributed by atoms with van der Waals surface area (Å²) in [4.78, 5) is 13.5. The fraction of sp³-hybridized carbons (Fsp3) is 0.562. The quantitative estimate of drug-likeness (QED) is 0.894. The molecule has 0 radical (unpaired) electrons. The largest absolute Gasteiger partial charge is 0.349 e. The van der Waals surface area contributed by atoms with E-state index in [2.05, 4.69) is 34.9 Å². The molecule has 21 heavy (non-hydrogen) atoms. The monoisotopic (exact) mass is 322 g/mol. The predicted molar refractivity (Wildman–Crippen MR) is 91.0 cm³/mol. The van der Waals surface area contributed by atoms with Gasteiger partial charge in [-0.05, 0) is 44.0 Å². The van der Waals surface area contributed by atoms with Crippen molar-refractivity contribution in [2.45, 2.75) is 35.4 Å². The molecule has 0 bridgehead atoms.